The zero-order valence-corrected chi connectivity index (χ0v) is 11.9. The van der Waals surface area contributed by atoms with Gasteiger partial charge in [0, 0.05) is 19.1 Å². The molecule has 0 aromatic carbocycles. The Morgan fingerprint density at radius 3 is 2.94 bits per heavy atom. The number of nitrogen functional groups attached to an aromatic ring is 1. The molecule has 1 unspecified atom stereocenters. The lowest BCUT2D eigenvalue weighted by Gasteiger charge is -2.37. The topological polar surface area (TPSA) is 45.4 Å². The predicted octanol–water partition coefficient (Wildman–Crippen LogP) is 1.96. The first-order valence-corrected chi connectivity index (χ1v) is 6.69. The van der Waals surface area contributed by atoms with Crippen molar-refractivity contribution in [1.82, 2.24) is 9.88 Å². The lowest BCUT2D eigenvalue weighted by molar-refractivity contribution is 0.257. The van der Waals surface area contributed by atoms with Gasteiger partial charge in [-0.2, -0.15) is 0 Å². The smallest absolute Gasteiger partial charge is 0.143 e. The van der Waals surface area contributed by atoms with Gasteiger partial charge in [0.1, 0.15) is 5.82 Å². The van der Waals surface area contributed by atoms with Crippen LogP contribution in [0.15, 0.2) is 16.7 Å². The van der Waals surface area contributed by atoms with Crippen LogP contribution in [0.25, 0.3) is 0 Å². The molecule has 4 nitrogen and oxygen atoms in total. The van der Waals surface area contributed by atoms with Gasteiger partial charge in [0.2, 0.25) is 0 Å². The van der Waals surface area contributed by atoms with E-state index < -0.39 is 0 Å². The van der Waals surface area contributed by atoms with E-state index in [0.717, 1.165) is 23.4 Å². The molecule has 0 radical (unpaired) electrons. The van der Waals surface area contributed by atoms with Crippen molar-refractivity contribution in [3.8, 4) is 0 Å². The summed E-state index contributed by atoms with van der Waals surface area (Å²) in [6.45, 7) is 2.10. The minimum absolute atomic E-state index is 0.606. The third-order valence-electron chi connectivity index (χ3n) is 3.27. The van der Waals surface area contributed by atoms with E-state index >= 15 is 0 Å². The standard InChI is InChI=1S/C12H19BrN4/c1-16(2)10-4-3-5-17(8-10)12-11(13)6-9(14)7-15-12/h6-7,10H,3-5,8,14H2,1-2H3. The third-order valence-corrected chi connectivity index (χ3v) is 3.85. The number of hydrogen-bond donors (Lipinski definition) is 1. The van der Waals surface area contributed by atoms with Crippen molar-refractivity contribution in [2.24, 2.45) is 0 Å². The first-order chi connectivity index (χ1) is 8.08. The normalized spacial score (nSPS) is 20.9. The Morgan fingerprint density at radius 2 is 2.29 bits per heavy atom. The highest BCUT2D eigenvalue weighted by Gasteiger charge is 2.23. The molecule has 2 N–H and O–H groups in total. The van der Waals surface area contributed by atoms with Crippen LogP contribution in [0, 0.1) is 0 Å². The highest BCUT2D eigenvalue weighted by atomic mass is 79.9. The molecule has 0 saturated carbocycles. The summed E-state index contributed by atoms with van der Waals surface area (Å²) in [6.07, 6.45) is 4.19. The van der Waals surface area contributed by atoms with Crippen LogP contribution in [0.5, 0.6) is 0 Å². The molecule has 5 heteroatoms. The first kappa shape index (κ1) is 12.6. The molecule has 1 aromatic heterocycles. The van der Waals surface area contributed by atoms with Crippen LogP contribution in [0.2, 0.25) is 0 Å². The molecule has 2 heterocycles. The number of halogens is 1. The lowest BCUT2D eigenvalue weighted by Crippen LogP contribution is -2.45. The number of likely N-dealkylation sites (N-methyl/N-ethyl adjacent to an activating group) is 1. The van der Waals surface area contributed by atoms with E-state index in [4.69, 9.17) is 5.73 Å². The van der Waals surface area contributed by atoms with Crippen molar-refractivity contribution in [1.29, 1.82) is 0 Å². The zero-order chi connectivity index (χ0) is 12.4. The maximum Gasteiger partial charge on any atom is 0.143 e. The summed E-state index contributed by atoms with van der Waals surface area (Å²) in [5.41, 5.74) is 6.41. The number of nitrogens with zero attached hydrogens (tertiary/aromatic N) is 3. The number of rotatable bonds is 2. The largest absolute Gasteiger partial charge is 0.397 e. The minimum Gasteiger partial charge on any atom is -0.397 e. The minimum atomic E-state index is 0.606. The van der Waals surface area contributed by atoms with Crippen LogP contribution in [-0.2, 0) is 0 Å². The van der Waals surface area contributed by atoms with Crippen LogP contribution in [0.4, 0.5) is 11.5 Å². The fourth-order valence-corrected chi connectivity index (χ4v) is 2.86. The summed E-state index contributed by atoms with van der Waals surface area (Å²) < 4.78 is 0.983. The molecule has 94 valence electrons. The molecule has 1 aliphatic heterocycles. The fourth-order valence-electron chi connectivity index (χ4n) is 2.25. The van der Waals surface area contributed by atoms with Crippen molar-refractivity contribution in [2.45, 2.75) is 18.9 Å². The van der Waals surface area contributed by atoms with Gasteiger partial charge in [-0.25, -0.2) is 4.98 Å². The number of piperidine rings is 1. The van der Waals surface area contributed by atoms with E-state index in [0.29, 0.717) is 11.7 Å². The number of anilines is 2. The van der Waals surface area contributed by atoms with Gasteiger partial charge in [0.15, 0.2) is 0 Å². The molecule has 2 rings (SSSR count). The number of nitrogens with two attached hydrogens (primary N) is 1. The summed E-state index contributed by atoms with van der Waals surface area (Å²) in [6, 6.07) is 2.52. The molecule has 17 heavy (non-hydrogen) atoms. The van der Waals surface area contributed by atoms with Gasteiger partial charge in [-0.05, 0) is 48.9 Å². The van der Waals surface area contributed by atoms with Gasteiger partial charge in [0.25, 0.3) is 0 Å². The van der Waals surface area contributed by atoms with Crippen LogP contribution in [-0.4, -0.2) is 43.1 Å². The Labute approximate surface area is 111 Å². The number of hydrogen-bond acceptors (Lipinski definition) is 4. The molecule has 1 aromatic rings. The van der Waals surface area contributed by atoms with Gasteiger partial charge in [-0.1, -0.05) is 0 Å². The molecular weight excluding hydrogens is 280 g/mol. The van der Waals surface area contributed by atoms with Gasteiger partial charge in [0.05, 0.1) is 16.4 Å². The van der Waals surface area contributed by atoms with Crippen molar-refractivity contribution in [2.75, 3.05) is 37.8 Å². The second-order valence-corrected chi connectivity index (χ2v) is 5.63. The van der Waals surface area contributed by atoms with Gasteiger partial charge < -0.3 is 15.5 Å². The molecular formula is C12H19BrN4. The molecule has 1 fully saturated rings. The SMILES string of the molecule is CN(C)C1CCCN(c2ncc(N)cc2Br)C1. The Kier molecular flexibility index (Phi) is 3.89. The first-order valence-electron chi connectivity index (χ1n) is 5.90. The molecule has 1 atom stereocenters. The molecule has 0 amide bonds. The second-order valence-electron chi connectivity index (χ2n) is 4.78. The quantitative estimate of drug-likeness (QED) is 0.907. The van der Waals surface area contributed by atoms with E-state index in [1.807, 2.05) is 6.07 Å². The molecule has 0 aliphatic carbocycles. The second kappa shape index (κ2) is 5.23. The Hall–Kier alpha value is -0.810. The van der Waals surface area contributed by atoms with E-state index in [2.05, 4.69) is 44.8 Å². The number of pyridine rings is 1. The van der Waals surface area contributed by atoms with Crippen LogP contribution >= 0.6 is 15.9 Å². The Morgan fingerprint density at radius 1 is 1.53 bits per heavy atom. The monoisotopic (exact) mass is 298 g/mol. The van der Waals surface area contributed by atoms with Gasteiger partial charge in [-0.15, -0.1) is 0 Å². The van der Waals surface area contributed by atoms with E-state index in [1.165, 1.54) is 12.8 Å². The lowest BCUT2D eigenvalue weighted by atomic mass is 10.1. The van der Waals surface area contributed by atoms with Crippen molar-refractivity contribution < 1.29 is 0 Å². The summed E-state index contributed by atoms with van der Waals surface area (Å²) in [5.74, 6) is 1.01. The Bertz CT molecular complexity index is 394. The van der Waals surface area contributed by atoms with Gasteiger partial charge in [-0.3, -0.25) is 0 Å². The molecule has 1 saturated heterocycles. The van der Waals surface area contributed by atoms with E-state index in [-0.39, 0.29) is 0 Å². The third kappa shape index (κ3) is 2.90. The van der Waals surface area contributed by atoms with Gasteiger partial charge >= 0.3 is 0 Å². The molecule has 1 aliphatic rings. The van der Waals surface area contributed by atoms with Crippen molar-refractivity contribution in [3.05, 3.63) is 16.7 Å². The molecule has 0 spiro atoms. The highest BCUT2D eigenvalue weighted by molar-refractivity contribution is 9.10. The fraction of sp³-hybridized carbons (Fsp3) is 0.583. The van der Waals surface area contributed by atoms with Crippen LogP contribution < -0.4 is 10.6 Å². The van der Waals surface area contributed by atoms with Crippen LogP contribution in [0.1, 0.15) is 12.8 Å². The zero-order valence-electron chi connectivity index (χ0n) is 10.4. The summed E-state index contributed by atoms with van der Waals surface area (Å²) in [4.78, 5) is 9.05. The van der Waals surface area contributed by atoms with Crippen molar-refractivity contribution in [3.63, 3.8) is 0 Å². The maximum absolute atomic E-state index is 5.71. The number of aromatic nitrogens is 1. The summed E-state index contributed by atoms with van der Waals surface area (Å²) in [7, 11) is 4.28. The van der Waals surface area contributed by atoms with Crippen LogP contribution in [0.3, 0.4) is 0 Å². The molecule has 0 bridgehead atoms. The average Bonchev–Trinajstić information content (AvgIpc) is 2.29. The average molecular weight is 299 g/mol. The predicted molar refractivity (Wildman–Crippen MR) is 75.3 cm³/mol. The Balaban J connectivity index is 2.16. The maximum atomic E-state index is 5.71. The van der Waals surface area contributed by atoms with Crippen molar-refractivity contribution >= 4 is 27.4 Å². The van der Waals surface area contributed by atoms with E-state index in [1.54, 1.807) is 6.20 Å². The highest BCUT2D eigenvalue weighted by Crippen LogP contribution is 2.28. The summed E-state index contributed by atoms with van der Waals surface area (Å²) in [5, 5.41) is 0. The van der Waals surface area contributed by atoms with E-state index in [9.17, 15) is 0 Å². The summed E-state index contributed by atoms with van der Waals surface area (Å²) >= 11 is 3.54.